The summed E-state index contributed by atoms with van der Waals surface area (Å²) in [6.45, 7) is 2.02. The van der Waals surface area contributed by atoms with Gasteiger partial charge in [0.25, 0.3) is 0 Å². The number of nitrogens with one attached hydrogen (secondary N) is 6. The average Bonchev–Trinajstić information content (AvgIpc) is 3.49. The van der Waals surface area contributed by atoms with Crippen molar-refractivity contribution in [1.29, 1.82) is 0 Å². The predicted octanol–water partition coefficient (Wildman–Crippen LogP) is -0.653. The van der Waals surface area contributed by atoms with Gasteiger partial charge in [0.15, 0.2) is 0 Å². The lowest BCUT2D eigenvalue weighted by Gasteiger charge is -2.36. The number of carboxylic acid groups (broad SMARTS) is 1. The summed E-state index contributed by atoms with van der Waals surface area (Å²) < 4.78 is 1.71. The molecule has 3 atom stereocenters. The standard InChI is InChI=1S/C38H55Br2N9O11S/c1-21(36(57)46-17-32(54)44-15-30(52)42-14-29(51)43-16-31(53)45-18-33(55)47-22(2)38(59)60)20-61-28-13-34(56)49(37(28)58)10-4-3-9-48(25-5-7-26(50)8-6-25)19-23-11-24(39)12-27(40)35(23)41/h11-12,21-22,25-26,28,50H,3-10,13-20,41H2,1-2H3,(H,42,52)(H,43,51)(H,44,54)(H,45,53)(H,46,57)(H,47,55)(H,59,60)/t21?,22?,25-,26-,28?. The number of unbranched alkanes of at least 4 members (excludes halogenated alkanes) is 1. The first kappa shape index (κ1) is 51.0. The van der Waals surface area contributed by atoms with Crippen LogP contribution in [0.3, 0.4) is 0 Å². The summed E-state index contributed by atoms with van der Waals surface area (Å²) in [5.41, 5.74) is 8.04. The van der Waals surface area contributed by atoms with Crippen molar-refractivity contribution in [3.63, 3.8) is 0 Å². The molecular formula is C38H55Br2N9O11S. The molecule has 0 aromatic heterocycles. The number of aliphatic hydroxyl groups is 1. The number of carbonyl (C=O) groups excluding carboxylic acids is 8. The molecule has 338 valence electrons. The zero-order chi connectivity index (χ0) is 45.2. The fourth-order valence-electron chi connectivity index (χ4n) is 6.40. The van der Waals surface area contributed by atoms with E-state index in [9.17, 15) is 48.3 Å². The second-order valence-corrected chi connectivity index (χ2v) is 17.9. The smallest absolute Gasteiger partial charge is 0.325 e. The summed E-state index contributed by atoms with van der Waals surface area (Å²) in [7, 11) is 0. The van der Waals surface area contributed by atoms with E-state index in [-0.39, 0.29) is 42.7 Å². The molecule has 0 spiro atoms. The van der Waals surface area contributed by atoms with E-state index < -0.39 is 91.3 Å². The van der Waals surface area contributed by atoms with Gasteiger partial charge in [-0.3, -0.25) is 53.0 Å². The van der Waals surface area contributed by atoms with Gasteiger partial charge >= 0.3 is 5.97 Å². The van der Waals surface area contributed by atoms with Gasteiger partial charge in [0, 0.05) is 46.2 Å². The Morgan fingerprint density at radius 3 is 1.93 bits per heavy atom. The van der Waals surface area contributed by atoms with Gasteiger partial charge in [-0.15, -0.1) is 11.8 Å². The van der Waals surface area contributed by atoms with Crippen molar-refractivity contribution >= 4 is 103 Å². The second-order valence-electron chi connectivity index (χ2n) is 14.9. The third kappa shape index (κ3) is 17.9. The number of benzene rings is 1. The number of anilines is 1. The Morgan fingerprint density at radius 2 is 1.38 bits per heavy atom. The number of carbonyl (C=O) groups is 9. The third-order valence-electron chi connectivity index (χ3n) is 9.97. The molecule has 1 aromatic carbocycles. The number of nitrogens with zero attached hydrogens (tertiary/aromatic N) is 2. The largest absolute Gasteiger partial charge is 0.480 e. The Balaban J connectivity index is 1.30. The minimum Gasteiger partial charge on any atom is -0.480 e. The Labute approximate surface area is 374 Å². The number of hydrogen-bond donors (Lipinski definition) is 9. The van der Waals surface area contributed by atoms with E-state index in [0.29, 0.717) is 18.7 Å². The molecule has 2 fully saturated rings. The van der Waals surface area contributed by atoms with E-state index in [0.717, 1.165) is 53.2 Å². The van der Waals surface area contributed by atoms with Crippen LogP contribution in [0.2, 0.25) is 0 Å². The Hall–Kier alpha value is -4.32. The lowest BCUT2D eigenvalue weighted by molar-refractivity contribution is -0.141. The molecule has 10 N–H and O–H groups in total. The van der Waals surface area contributed by atoms with Crippen LogP contribution in [-0.2, 0) is 49.7 Å². The van der Waals surface area contributed by atoms with Crippen LogP contribution in [0.25, 0.3) is 0 Å². The van der Waals surface area contributed by atoms with Crippen molar-refractivity contribution in [1.82, 2.24) is 41.7 Å². The zero-order valence-electron chi connectivity index (χ0n) is 34.1. The van der Waals surface area contributed by atoms with Gasteiger partial charge in [0.2, 0.25) is 47.3 Å². The van der Waals surface area contributed by atoms with Crippen molar-refractivity contribution < 1.29 is 53.4 Å². The molecule has 3 unspecified atom stereocenters. The summed E-state index contributed by atoms with van der Waals surface area (Å²) >= 11 is 8.28. The van der Waals surface area contributed by atoms with Crippen LogP contribution in [-0.4, -0.2) is 148 Å². The van der Waals surface area contributed by atoms with Crippen molar-refractivity contribution in [2.24, 2.45) is 5.92 Å². The van der Waals surface area contributed by atoms with Crippen LogP contribution < -0.4 is 37.6 Å². The fraction of sp³-hybridized carbons (Fsp3) is 0.605. The second kappa shape index (κ2) is 25.6. The number of carboxylic acids is 1. The van der Waals surface area contributed by atoms with Crippen molar-refractivity contribution in [2.75, 3.05) is 57.3 Å². The number of nitrogen functional groups attached to an aromatic ring is 1. The van der Waals surface area contributed by atoms with Crippen LogP contribution in [0.1, 0.15) is 64.4 Å². The molecule has 20 nitrogen and oxygen atoms in total. The summed E-state index contributed by atoms with van der Waals surface area (Å²) in [6, 6.07) is 3.03. The molecule has 1 saturated carbocycles. The van der Waals surface area contributed by atoms with Crippen LogP contribution in [0, 0.1) is 5.92 Å². The predicted molar refractivity (Wildman–Crippen MR) is 231 cm³/mol. The first-order valence-electron chi connectivity index (χ1n) is 19.8. The van der Waals surface area contributed by atoms with Crippen LogP contribution in [0.15, 0.2) is 21.1 Å². The molecule has 1 aliphatic carbocycles. The van der Waals surface area contributed by atoms with Gasteiger partial charge in [-0.05, 0) is 85.6 Å². The SMILES string of the molecule is CC(CSC1CC(=O)N(CCCCN(Cc2cc(Br)cc(Br)c2N)[C@H]2CC[C@H](O)CC2)C1=O)C(=O)NCC(=O)NCC(=O)NCC(=O)NCC(=O)NCC(=O)NC(C)C(=O)O. The molecule has 0 radical (unpaired) electrons. The third-order valence-corrected chi connectivity index (χ3v) is 12.5. The molecule has 8 amide bonds. The summed E-state index contributed by atoms with van der Waals surface area (Å²) in [5, 5.41) is 31.8. The summed E-state index contributed by atoms with van der Waals surface area (Å²) in [4.78, 5) is 113. The number of aliphatic hydroxyl groups excluding tert-OH is 1. The van der Waals surface area contributed by atoms with Gasteiger partial charge in [0.1, 0.15) is 6.04 Å². The number of aliphatic carboxylic acids is 1. The zero-order valence-corrected chi connectivity index (χ0v) is 38.0. The maximum absolute atomic E-state index is 13.2. The summed E-state index contributed by atoms with van der Waals surface area (Å²) in [6.07, 6.45) is 4.29. The first-order chi connectivity index (χ1) is 28.8. The molecule has 1 aromatic rings. The number of hydrogen-bond acceptors (Lipinski definition) is 13. The normalized spacial score (nSPS) is 18.5. The van der Waals surface area contributed by atoms with E-state index in [2.05, 4.69) is 68.7 Å². The highest BCUT2D eigenvalue weighted by Crippen LogP contribution is 2.32. The number of imide groups is 1. The van der Waals surface area contributed by atoms with Gasteiger partial charge in [-0.1, -0.05) is 22.9 Å². The maximum Gasteiger partial charge on any atom is 0.325 e. The highest BCUT2D eigenvalue weighted by atomic mass is 79.9. The van der Waals surface area contributed by atoms with Crippen molar-refractivity contribution in [3.05, 3.63) is 26.6 Å². The fourth-order valence-corrected chi connectivity index (χ4v) is 8.92. The number of halogens is 2. The lowest BCUT2D eigenvalue weighted by Crippen LogP contribution is -2.47. The van der Waals surface area contributed by atoms with Gasteiger partial charge < -0.3 is 47.8 Å². The Morgan fingerprint density at radius 1 is 0.836 bits per heavy atom. The van der Waals surface area contributed by atoms with Gasteiger partial charge in [0.05, 0.1) is 49.8 Å². The van der Waals surface area contributed by atoms with Crippen LogP contribution >= 0.6 is 43.6 Å². The van der Waals surface area contributed by atoms with E-state index in [1.54, 1.807) is 6.92 Å². The molecule has 1 saturated heterocycles. The average molecular weight is 1010 g/mol. The van der Waals surface area contributed by atoms with Crippen molar-refractivity contribution in [2.45, 2.75) is 88.8 Å². The summed E-state index contributed by atoms with van der Waals surface area (Å²) in [5.74, 6) is -6.27. The number of amides is 8. The quantitative estimate of drug-likeness (QED) is 0.0354. The van der Waals surface area contributed by atoms with E-state index in [4.69, 9.17) is 10.8 Å². The van der Waals surface area contributed by atoms with Crippen molar-refractivity contribution in [3.8, 4) is 0 Å². The van der Waals surface area contributed by atoms with Crippen LogP contribution in [0.4, 0.5) is 5.69 Å². The molecule has 1 aliphatic heterocycles. The van der Waals surface area contributed by atoms with E-state index in [1.807, 2.05) is 12.1 Å². The molecule has 1 heterocycles. The molecule has 23 heteroatoms. The number of rotatable bonds is 24. The minimum atomic E-state index is -1.25. The first-order valence-corrected chi connectivity index (χ1v) is 22.5. The van der Waals surface area contributed by atoms with Gasteiger partial charge in [-0.25, -0.2) is 0 Å². The Bertz CT molecular complexity index is 1780. The topological polar surface area (TPSA) is 299 Å². The van der Waals surface area contributed by atoms with Crippen LogP contribution in [0.5, 0.6) is 0 Å². The molecule has 2 aliphatic rings. The highest BCUT2D eigenvalue weighted by molar-refractivity contribution is 9.11. The Kier molecular flexibility index (Phi) is 21.4. The minimum absolute atomic E-state index is 0.0317. The number of likely N-dealkylation sites (tertiary alicyclic amines) is 1. The maximum atomic E-state index is 13.2. The van der Waals surface area contributed by atoms with Gasteiger partial charge in [-0.2, -0.15) is 0 Å². The molecule has 0 bridgehead atoms. The molecule has 61 heavy (non-hydrogen) atoms. The molecule has 3 rings (SSSR count). The lowest BCUT2D eigenvalue weighted by atomic mass is 9.91. The number of nitrogens with two attached hydrogens (primary N) is 1. The number of thioether (sulfide) groups is 1. The van der Waals surface area contributed by atoms with E-state index >= 15 is 0 Å². The van der Waals surface area contributed by atoms with E-state index in [1.165, 1.54) is 23.6 Å². The monoisotopic (exact) mass is 1000 g/mol. The highest BCUT2D eigenvalue weighted by Gasteiger charge is 2.39. The molecular weight excluding hydrogens is 950 g/mol.